The van der Waals surface area contributed by atoms with Gasteiger partial charge in [-0.15, -0.1) is 0 Å². The minimum absolute atomic E-state index is 0.00905. The van der Waals surface area contributed by atoms with Crippen molar-refractivity contribution in [2.75, 3.05) is 6.54 Å². The summed E-state index contributed by atoms with van der Waals surface area (Å²) < 4.78 is 0. The molecule has 0 aliphatic carbocycles. The topological polar surface area (TPSA) is 139 Å². The summed E-state index contributed by atoms with van der Waals surface area (Å²) in [6, 6.07) is 13.8. The molecular formula is C20H21N3O6. The largest absolute Gasteiger partial charge is 0.481 e. The normalized spacial score (nSPS) is 11.3. The molecule has 1 unspecified atom stereocenters. The number of rotatable bonds is 10. The molecule has 3 N–H and O–H groups in total. The monoisotopic (exact) mass is 399 g/mol. The molecule has 0 heterocycles. The molecule has 2 aromatic rings. The lowest BCUT2D eigenvalue weighted by Gasteiger charge is -2.18. The molecule has 0 aliphatic rings. The third-order valence-corrected chi connectivity index (χ3v) is 4.16. The lowest BCUT2D eigenvalue weighted by Crippen LogP contribution is -2.33. The van der Waals surface area contributed by atoms with Crippen molar-refractivity contribution in [2.24, 2.45) is 0 Å². The summed E-state index contributed by atoms with van der Waals surface area (Å²) in [5, 5.41) is 24.9. The van der Waals surface area contributed by atoms with Crippen LogP contribution in [0, 0.1) is 10.1 Å². The molecule has 0 aromatic heterocycles. The van der Waals surface area contributed by atoms with Gasteiger partial charge in [0.1, 0.15) is 0 Å². The van der Waals surface area contributed by atoms with Gasteiger partial charge in [-0.3, -0.25) is 24.5 Å². The van der Waals surface area contributed by atoms with Crippen LogP contribution in [0.3, 0.4) is 0 Å². The van der Waals surface area contributed by atoms with Crippen molar-refractivity contribution in [3.63, 3.8) is 0 Å². The quantitative estimate of drug-likeness (QED) is 0.414. The van der Waals surface area contributed by atoms with Gasteiger partial charge in [-0.25, -0.2) is 0 Å². The maximum absolute atomic E-state index is 12.2. The minimum Gasteiger partial charge on any atom is -0.481 e. The molecule has 9 heteroatoms. The number of nitro benzene ring substituents is 1. The Morgan fingerprint density at radius 3 is 2.24 bits per heavy atom. The molecule has 9 nitrogen and oxygen atoms in total. The highest BCUT2D eigenvalue weighted by Crippen LogP contribution is 2.18. The fraction of sp³-hybridized carbons (Fsp3) is 0.250. The molecule has 152 valence electrons. The van der Waals surface area contributed by atoms with Crippen LogP contribution in [0.2, 0.25) is 0 Å². The second-order valence-corrected chi connectivity index (χ2v) is 6.27. The van der Waals surface area contributed by atoms with Gasteiger partial charge < -0.3 is 15.7 Å². The zero-order chi connectivity index (χ0) is 21.2. The Labute approximate surface area is 166 Å². The van der Waals surface area contributed by atoms with Crippen LogP contribution in [0.1, 0.15) is 41.2 Å². The standard InChI is InChI=1S/C20H21N3O6/c24-18(22-17(10-11-19(25)26)14-4-2-1-3-5-14)12-13-21-20(27)15-6-8-16(9-7-15)23(28)29/h1-9,17H,10-13H2,(H,21,27)(H,22,24)(H,25,26). The highest BCUT2D eigenvalue weighted by molar-refractivity contribution is 5.94. The molecule has 1 atom stereocenters. The van der Waals surface area contributed by atoms with Crippen molar-refractivity contribution in [3.8, 4) is 0 Å². The molecule has 0 fully saturated rings. The highest BCUT2D eigenvalue weighted by atomic mass is 16.6. The first kappa shape index (κ1) is 21.5. The average Bonchev–Trinajstić information content (AvgIpc) is 2.71. The van der Waals surface area contributed by atoms with Crippen LogP contribution in [-0.4, -0.2) is 34.4 Å². The maximum Gasteiger partial charge on any atom is 0.303 e. The van der Waals surface area contributed by atoms with E-state index in [2.05, 4.69) is 10.6 Å². The third-order valence-electron chi connectivity index (χ3n) is 4.16. The van der Waals surface area contributed by atoms with Crippen LogP contribution >= 0.6 is 0 Å². The number of nitrogens with one attached hydrogen (secondary N) is 2. The lowest BCUT2D eigenvalue weighted by atomic mass is 10.0. The van der Waals surface area contributed by atoms with Crippen molar-refractivity contribution < 1.29 is 24.4 Å². The summed E-state index contributed by atoms with van der Waals surface area (Å²) >= 11 is 0. The molecule has 0 saturated heterocycles. The Kier molecular flexibility index (Phi) is 7.84. The van der Waals surface area contributed by atoms with Gasteiger partial charge in [-0.05, 0) is 24.1 Å². The molecule has 0 radical (unpaired) electrons. The number of hydrogen-bond donors (Lipinski definition) is 3. The number of carboxylic acid groups (broad SMARTS) is 1. The van der Waals surface area contributed by atoms with E-state index in [1.165, 1.54) is 24.3 Å². The molecule has 0 bridgehead atoms. The summed E-state index contributed by atoms with van der Waals surface area (Å²) in [6.45, 7) is 0.0715. The first-order valence-corrected chi connectivity index (χ1v) is 8.95. The Morgan fingerprint density at radius 1 is 1.00 bits per heavy atom. The van der Waals surface area contributed by atoms with Gasteiger partial charge in [-0.2, -0.15) is 0 Å². The second kappa shape index (κ2) is 10.5. The van der Waals surface area contributed by atoms with E-state index in [1.807, 2.05) is 18.2 Å². The molecule has 2 amide bonds. The Bertz CT molecular complexity index is 868. The number of nitro groups is 1. The van der Waals surface area contributed by atoms with Crippen LogP contribution in [-0.2, 0) is 9.59 Å². The SMILES string of the molecule is O=C(O)CCC(NC(=O)CCNC(=O)c1ccc([N+](=O)[O-])cc1)c1ccccc1. The molecule has 0 spiro atoms. The average molecular weight is 399 g/mol. The maximum atomic E-state index is 12.2. The highest BCUT2D eigenvalue weighted by Gasteiger charge is 2.16. The van der Waals surface area contributed by atoms with Crippen molar-refractivity contribution >= 4 is 23.5 Å². The minimum atomic E-state index is -0.949. The first-order valence-electron chi connectivity index (χ1n) is 8.95. The molecule has 29 heavy (non-hydrogen) atoms. The van der Waals surface area contributed by atoms with Gasteiger partial charge in [0.15, 0.2) is 0 Å². The number of benzene rings is 2. The third kappa shape index (κ3) is 7.06. The van der Waals surface area contributed by atoms with E-state index >= 15 is 0 Å². The van der Waals surface area contributed by atoms with Crippen LogP contribution in [0.4, 0.5) is 5.69 Å². The predicted molar refractivity (Wildman–Crippen MR) is 104 cm³/mol. The van der Waals surface area contributed by atoms with Gasteiger partial charge in [0.05, 0.1) is 11.0 Å². The molecule has 2 aromatic carbocycles. The number of nitrogens with zero attached hydrogens (tertiary/aromatic N) is 1. The number of carbonyl (C=O) groups excluding carboxylic acids is 2. The van der Waals surface area contributed by atoms with Crippen molar-refractivity contribution in [3.05, 3.63) is 75.8 Å². The number of amides is 2. The number of carbonyl (C=O) groups is 3. The summed E-state index contributed by atoms with van der Waals surface area (Å²) in [4.78, 5) is 45.2. The van der Waals surface area contributed by atoms with Gasteiger partial charge in [0.2, 0.25) is 5.91 Å². The van der Waals surface area contributed by atoms with E-state index in [0.717, 1.165) is 5.56 Å². The van der Waals surface area contributed by atoms with Gasteiger partial charge in [0, 0.05) is 37.1 Å². The first-order chi connectivity index (χ1) is 13.9. The number of carboxylic acids is 1. The predicted octanol–water partition coefficient (Wildman–Crippen LogP) is 2.44. The smallest absolute Gasteiger partial charge is 0.303 e. The Balaban J connectivity index is 1.85. The van der Waals surface area contributed by atoms with Gasteiger partial charge in [-0.1, -0.05) is 30.3 Å². The molecular weight excluding hydrogens is 378 g/mol. The Hall–Kier alpha value is -3.75. The number of aliphatic carboxylic acids is 1. The second-order valence-electron chi connectivity index (χ2n) is 6.27. The Morgan fingerprint density at radius 2 is 1.66 bits per heavy atom. The van der Waals surface area contributed by atoms with E-state index < -0.39 is 22.8 Å². The van der Waals surface area contributed by atoms with E-state index in [9.17, 15) is 24.5 Å². The molecule has 0 aliphatic heterocycles. The zero-order valence-electron chi connectivity index (χ0n) is 15.5. The van der Waals surface area contributed by atoms with E-state index in [1.54, 1.807) is 12.1 Å². The fourth-order valence-electron chi connectivity index (χ4n) is 2.67. The van der Waals surface area contributed by atoms with E-state index in [-0.39, 0.29) is 43.0 Å². The summed E-state index contributed by atoms with van der Waals surface area (Å²) in [7, 11) is 0. The summed E-state index contributed by atoms with van der Waals surface area (Å²) in [5.41, 5.74) is 0.936. The van der Waals surface area contributed by atoms with E-state index in [0.29, 0.717) is 0 Å². The fourth-order valence-corrected chi connectivity index (χ4v) is 2.67. The van der Waals surface area contributed by atoms with Crippen LogP contribution in [0.5, 0.6) is 0 Å². The van der Waals surface area contributed by atoms with Gasteiger partial charge >= 0.3 is 5.97 Å². The van der Waals surface area contributed by atoms with Crippen molar-refractivity contribution in [2.45, 2.75) is 25.3 Å². The van der Waals surface area contributed by atoms with Crippen molar-refractivity contribution in [1.82, 2.24) is 10.6 Å². The van der Waals surface area contributed by atoms with Crippen LogP contribution < -0.4 is 10.6 Å². The lowest BCUT2D eigenvalue weighted by molar-refractivity contribution is -0.384. The summed E-state index contributed by atoms with van der Waals surface area (Å²) in [6.07, 6.45) is 0.173. The number of hydrogen-bond acceptors (Lipinski definition) is 5. The van der Waals surface area contributed by atoms with Crippen LogP contribution in [0.25, 0.3) is 0 Å². The zero-order valence-corrected chi connectivity index (χ0v) is 15.5. The van der Waals surface area contributed by atoms with Crippen LogP contribution in [0.15, 0.2) is 54.6 Å². The van der Waals surface area contributed by atoms with Crippen molar-refractivity contribution in [1.29, 1.82) is 0 Å². The van der Waals surface area contributed by atoms with Gasteiger partial charge in [0.25, 0.3) is 11.6 Å². The summed E-state index contributed by atoms with van der Waals surface area (Å²) in [5.74, 6) is -1.72. The number of non-ortho nitro benzene ring substituents is 1. The molecule has 0 saturated carbocycles. The van der Waals surface area contributed by atoms with E-state index in [4.69, 9.17) is 5.11 Å². The molecule has 2 rings (SSSR count).